The Hall–Kier alpha value is -3.00. The van der Waals surface area contributed by atoms with Crippen LogP contribution in [0.15, 0.2) is 71.2 Å². The summed E-state index contributed by atoms with van der Waals surface area (Å²) in [5.41, 5.74) is 1.32. The maximum atomic E-state index is 11.3. The molecule has 2 aromatic carbocycles. The molecule has 23 heavy (non-hydrogen) atoms. The van der Waals surface area contributed by atoms with Crippen LogP contribution < -0.4 is 0 Å². The normalized spacial score (nSPS) is 11.4. The maximum Gasteiger partial charge on any atom is 0.283 e. The van der Waals surface area contributed by atoms with Gasteiger partial charge in [-0.3, -0.25) is 10.1 Å². The van der Waals surface area contributed by atoms with Crippen molar-refractivity contribution in [2.24, 2.45) is 0 Å². The Balaban J connectivity index is 1.90. The second kappa shape index (κ2) is 6.84. The van der Waals surface area contributed by atoms with Crippen LogP contribution in [-0.2, 0) is 0 Å². The Kier molecular flexibility index (Phi) is 4.44. The molecule has 114 valence electrons. The van der Waals surface area contributed by atoms with Crippen LogP contribution in [0.2, 0.25) is 0 Å². The summed E-state index contributed by atoms with van der Waals surface area (Å²) in [4.78, 5) is 10.9. The highest BCUT2D eigenvalue weighted by molar-refractivity contribution is 8.02. The molecule has 1 aromatic heterocycles. The first-order valence-corrected chi connectivity index (χ1v) is 7.54. The quantitative estimate of drug-likeness (QED) is 0.407. The predicted octanol–water partition coefficient (Wildman–Crippen LogP) is 3.03. The van der Waals surface area contributed by atoms with E-state index in [1.54, 1.807) is 24.3 Å². The van der Waals surface area contributed by atoms with Crippen molar-refractivity contribution in [3.63, 3.8) is 0 Å². The number of aromatic nitrogens is 4. The van der Waals surface area contributed by atoms with Gasteiger partial charge in [-0.15, -0.1) is 5.10 Å². The van der Waals surface area contributed by atoms with E-state index < -0.39 is 4.92 Å². The molecule has 1 heterocycles. The molecule has 0 saturated heterocycles. The molecule has 0 fully saturated rings. The summed E-state index contributed by atoms with van der Waals surface area (Å²) in [5, 5.41) is 24.6. The highest BCUT2D eigenvalue weighted by atomic mass is 32.2. The SMILES string of the molecule is O=[N+]([O-])/C(=C\Sc1nnnn1-c1ccccc1)c1ccccc1. The molecule has 8 heteroatoms. The van der Waals surface area contributed by atoms with Crippen molar-refractivity contribution in [3.05, 3.63) is 81.7 Å². The van der Waals surface area contributed by atoms with E-state index >= 15 is 0 Å². The Morgan fingerprint density at radius 3 is 2.39 bits per heavy atom. The van der Waals surface area contributed by atoms with Crippen molar-refractivity contribution in [2.45, 2.75) is 5.16 Å². The summed E-state index contributed by atoms with van der Waals surface area (Å²) >= 11 is 1.10. The minimum absolute atomic E-state index is 0.00166. The molecule has 0 radical (unpaired) electrons. The van der Waals surface area contributed by atoms with E-state index in [1.807, 2.05) is 36.4 Å². The Labute approximate surface area is 135 Å². The van der Waals surface area contributed by atoms with Gasteiger partial charge < -0.3 is 0 Å². The first-order valence-electron chi connectivity index (χ1n) is 6.66. The Morgan fingerprint density at radius 2 is 1.74 bits per heavy atom. The van der Waals surface area contributed by atoms with Gasteiger partial charge >= 0.3 is 0 Å². The van der Waals surface area contributed by atoms with Gasteiger partial charge in [0.05, 0.1) is 21.6 Å². The van der Waals surface area contributed by atoms with Gasteiger partial charge in [-0.2, -0.15) is 4.68 Å². The number of rotatable bonds is 5. The molecule has 0 aliphatic carbocycles. The third-order valence-electron chi connectivity index (χ3n) is 2.98. The summed E-state index contributed by atoms with van der Waals surface area (Å²) in [5.74, 6) is 0. The number of tetrazole rings is 1. The molecule has 0 spiro atoms. The summed E-state index contributed by atoms with van der Waals surface area (Å²) < 4.78 is 1.53. The highest BCUT2D eigenvalue weighted by Crippen LogP contribution is 2.24. The first-order chi connectivity index (χ1) is 11.3. The fourth-order valence-corrected chi connectivity index (χ4v) is 2.68. The van der Waals surface area contributed by atoms with Gasteiger partial charge in [0.15, 0.2) is 0 Å². The minimum atomic E-state index is -0.418. The fraction of sp³-hybridized carbons (Fsp3) is 0. The van der Waals surface area contributed by atoms with Crippen LogP contribution in [0.25, 0.3) is 11.4 Å². The number of para-hydroxylation sites is 1. The lowest BCUT2D eigenvalue weighted by atomic mass is 10.2. The maximum absolute atomic E-state index is 11.3. The van der Waals surface area contributed by atoms with Crippen LogP contribution in [0.1, 0.15) is 5.56 Å². The molecule has 0 atom stereocenters. The molecule has 3 rings (SSSR count). The van der Waals surface area contributed by atoms with E-state index in [-0.39, 0.29) is 5.70 Å². The molecule has 0 aliphatic heterocycles. The van der Waals surface area contributed by atoms with Crippen LogP contribution in [0, 0.1) is 10.1 Å². The van der Waals surface area contributed by atoms with Crippen molar-refractivity contribution in [2.75, 3.05) is 0 Å². The zero-order valence-corrected chi connectivity index (χ0v) is 12.6. The summed E-state index contributed by atoms with van der Waals surface area (Å²) in [6.07, 6.45) is 0. The molecule has 0 amide bonds. The van der Waals surface area contributed by atoms with Crippen molar-refractivity contribution in [1.82, 2.24) is 20.2 Å². The third kappa shape index (κ3) is 3.43. The smallest absolute Gasteiger partial charge is 0.258 e. The van der Waals surface area contributed by atoms with Gasteiger partial charge in [0.2, 0.25) is 5.16 Å². The van der Waals surface area contributed by atoms with E-state index in [4.69, 9.17) is 0 Å². The van der Waals surface area contributed by atoms with E-state index in [2.05, 4.69) is 15.5 Å². The van der Waals surface area contributed by atoms with E-state index in [1.165, 1.54) is 10.1 Å². The van der Waals surface area contributed by atoms with Crippen molar-refractivity contribution in [1.29, 1.82) is 0 Å². The standard InChI is InChI=1S/C15H11N5O2S/c21-20(22)14(12-7-3-1-4-8-12)11-23-15-16-17-18-19(15)13-9-5-2-6-10-13/h1-11H/b14-11-. The largest absolute Gasteiger partial charge is 0.283 e. The van der Waals surface area contributed by atoms with Gasteiger partial charge in [0.25, 0.3) is 5.70 Å². The van der Waals surface area contributed by atoms with Gasteiger partial charge in [-0.25, -0.2) is 0 Å². The summed E-state index contributed by atoms with van der Waals surface area (Å²) in [6.45, 7) is 0. The zero-order chi connectivity index (χ0) is 16.1. The molecule has 7 nitrogen and oxygen atoms in total. The molecular formula is C15H11N5O2S. The lowest BCUT2D eigenvalue weighted by Crippen LogP contribution is -1.99. The van der Waals surface area contributed by atoms with Crippen LogP contribution in [0.4, 0.5) is 0 Å². The van der Waals surface area contributed by atoms with Crippen LogP contribution >= 0.6 is 11.8 Å². The fourth-order valence-electron chi connectivity index (χ4n) is 1.92. The second-order valence-electron chi connectivity index (χ2n) is 4.45. The molecule has 0 bridgehead atoms. The molecule has 3 aromatic rings. The van der Waals surface area contributed by atoms with Crippen LogP contribution in [-0.4, -0.2) is 25.1 Å². The number of hydrogen-bond acceptors (Lipinski definition) is 6. The third-order valence-corrected chi connectivity index (χ3v) is 3.79. The van der Waals surface area contributed by atoms with E-state index in [0.29, 0.717) is 10.7 Å². The number of benzene rings is 2. The number of thioether (sulfide) groups is 1. The van der Waals surface area contributed by atoms with E-state index in [9.17, 15) is 10.1 Å². The lowest BCUT2D eigenvalue weighted by Gasteiger charge is -2.02. The topological polar surface area (TPSA) is 86.7 Å². The van der Waals surface area contributed by atoms with Crippen molar-refractivity contribution >= 4 is 17.5 Å². The lowest BCUT2D eigenvalue weighted by molar-refractivity contribution is -0.375. The number of nitro groups is 1. The molecular weight excluding hydrogens is 314 g/mol. The van der Waals surface area contributed by atoms with Crippen LogP contribution in [0.5, 0.6) is 0 Å². The molecule has 0 unspecified atom stereocenters. The summed E-state index contributed by atoms with van der Waals surface area (Å²) in [7, 11) is 0. The monoisotopic (exact) mass is 325 g/mol. The summed E-state index contributed by atoms with van der Waals surface area (Å²) in [6, 6.07) is 18.0. The average molecular weight is 325 g/mol. The Morgan fingerprint density at radius 1 is 1.09 bits per heavy atom. The number of nitrogens with zero attached hydrogens (tertiary/aromatic N) is 5. The molecule has 0 aliphatic rings. The molecule has 0 N–H and O–H groups in total. The van der Waals surface area contributed by atoms with Crippen molar-refractivity contribution < 1.29 is 4.92 Å². The van der Waals surface area contributed by atoms with Gasteiger partial charge in [0, 0.05) is 0 Å². The molecule has 0 saturated carbocycles. The second-order valence-corrected chi connectivity index (χ2v) is 5.29. The zero-order valence-electron chi connectivity index (χ0n) is 11.8. The average Bonchev–Trinajstić information content (AvgIpc) is 3.05. The van der Waals surface area contributed by atoms with Gasteiger partial charge in [-0.05, 0) is 46.5 Å². The minimum Gasteiger partial charge on any atom is -0.258 e. The highest BCUT2D eigenvalue weighted by Gasteiger charge is 2.15. The predicted molar refractivity (Wildman–Crippen MR) is 86.4 cm³/mol. The first kappa shape index (κ1) is 14.9. The number of hydrogen-bond donors (Lipinski definition) is 0. The van der Waals surface area contributed by atoms with Crippen molar-refractivity contribution in [3.8, 4) is 5.69 Å². The Bertz CT molecular complexity index is 833. The van der Waals surface area contributed by atoms with Gasteiger partial charge in [0.1, 0.15) is 0 Å². The van der Waals surface area contributed by atoms with Gasteiger partial charge in [-0.1, -0.05) is 36.4 Å². The van der Waals surface area contributed by atoms with Crippen LogP contribution in [0.3, 0.4) is 0 Å². The van der Waals surface area contributed by atoms with E-state index in [0.717, 1.165) is 17.4 Å².